The van der Waals surface area contributed by atoms with Crippen molar-refractivity contribution in [2.75, 3.05) is 33.2 Å². The van der Waals surface area contributed by atoms with Crippen LogP contribution in [0.15, 0.2) is 60.7 Å². The molecule has 0 aliphatic carbocycles. The standard InChI is InChI=1S/C20H32N2O.C7H6O2.2ClH/c1-17-14-20(23,18-10-6-4-7-11-18)19(2,15-21(17)3)16-22-12-8-5-9-13-22;8-7(9)6-4-2-1-3-5-6;;/h4,6-7,10-11,17,23H,5,8-9,12-16H2,1-3H3;1-5H,(H,8,9);2*1H. The molecule has 34 heavy (non-hydrogen) atoms. The van der Waals surface area contributed by atoms with Gasteiger partial charge >= 0.3 is 5.97 Å². The van der Waals surface area contributed by atoms with Gasteiger partial charge in [0, 0.05) is 24.5 Å². The number of hydrogen-bond donors (Lipinski definition) is 2. The predicted octanol–water partition coefficient (Wildman–Crippen LogP) is 5.32. The first kappa shape index (κ1) is 30.4. The minimum Gasteiger partial charge on any atom is -0.478 e. The van der Waals surface area contributed by atoms with Crippen molar-refractivity contribution in [2.24, 2.45) is 5.41 Å². The summed E-state index contributed by atoms with van der Waals surface area (Å²) in [5.41, 5.74) is 0.516. The Morgan fingerprint density at radius 1 is 0.971 bits per heavy atom. The van der Waals surface area contributed by atoms with Gasteiger partial charge in [0.1, 0.15) is 0 Å². The van der Waals surface area contributed by atoms with Crippen molar-refractivity contribution < 1.29 is 15.0 Å². The van der Waals surface area contributed by atoms with Crippen LogP contribution in [0.3, 0.4) is 0 Å². The first-order valence-corrected chi connectivity index (χ1v) is 11.7. The molecule has 7 heteroatoms. The van der Waals surface area contributed by atoms with Gasteiger partial charge in [-0.05, 0) is 64.0 Å². The molecule has 190 valence electrons. The second-order valence-corrected chi connectivity index (χ2v) is 9.76. The Morgan fingerprint density at radius 2 is 1.50 bits per heavy atom. The molecule has 2 aromatic rings. The average Bonchev–Trinajstić information content (AvgIpc) is 2.80. The van der Waals surface area contributed by atoms with Crippen molar-refractivity contribution in [3.8, 4) is 0 Å². The summed E-state index contributed by atoms with van der Waals surface area (Å²) < 4.78 is 0. The molecule has 2 heterocycles. The van der Waals surface area contributed by atoms with Gasteiger partial charge in [0.15, 0.2) is 0 Å². The van der Waals surface area contributed by atoms with Crippen LogP contribution in [0.2, 0.25) is 0 Å². The summed E-state index contributed by atoms with van der Waals surface area (Å²) in [5, 5.41) is 20.2. The zero-order valence-corrected chi connectivity index (χ0v) is 22.2. The third kappa shape index (κ3) is 7.19. The zero-order valence-electron chi connectivity index (χ0n) is 20.5. The highest BCUT2D eigenvalue weighted by molar-refractivity contribution is 5.87. The highest BCUT2D eigenvalue weighted by atomic mass is 35.5. The Bertz CT molecular complexity index is 865. The quantitative estimate of drug-likeness (QED) is 0.582. The Kier molecular flexibility index (Phi) is 12.0. The van der Waals surface area contributed by atoms with Gasteiger partial charge in [0.25, 0.3) is 0 Å². The van der Waals surface area contributed by atoms with E-state index in [9.17, 15) is 9.90 Å². The fourth-order valence-electron chi connectivity index (χ4n) is 5.22. The molecule has 2 N–H and O–H groups in total. The van der Waals surface area contributed by atoms with E-state index in [4.69, 9.17) is 5.11 Å². The van der Waals surface area contributed by atoms with Gasteiger partial charge in [-0.15, -0.1) is 24.8 Å². The van der Waals surface area contributed by atoms with Crippen molar-refractivity contribution in [1.82, 2.24) is 9.80 Å². The number of carbonyl (C=O) groups is 1. The third-order valence-corrected chi connectivity index (χ3v) is 7.23. The van der Waals surface area contributed by atoms with Crippen molar-refractivity contribution in [3.05, 3.63) is 71.8 Å². The van der Waals surface area contributed by atoms with Crippen molar-refractivity contribution in [3.63, 3.8) is 0 Å². The summed E-state index contributed by atoms with van der Waals surface area (Å²) in [6, 6.07) is 19.0. The van der Waals surface area contributed by atoms with Crippen LogP contribution in [0.25, 0.3) is 0 Å². The van der Waals surface area contributed by atoms with E-state index < -0.39 is 11.6 Å². The van der Waals surface area contributed by atoms with E-state index in [-0.39, 0.29) is 30.2 Å². The number of likely N-dealkylation sites (tertiary alicyclic amines) is 2. The number of benzene rings is 2. The van der Waals surface area contributed by atoms with E-state index in [2.05, 4.69) is 55.0 Å². The Balaban J connectivity index is 0.000000448. The summed E-state index contributed by atoms with van der Waals surface area (Å²) in [6.45, 7) is 8.80. The number of carboxylic acids is 1. The smallest absolute Gasteiger partial charge is 0.335 e. The molecule has 0 radical (unpaired) electrons. The summed E-state index contributed by atoms with van der Waals surface area (Å²) in [5.74, 6) is -0.879. The lowest BCUT2D eigenvalue weighted by Gasteiger charge is -2.55. The van der Waals surface area contributed by atoms with Crippen molar-refractivity contribution >= 4 is 30.8 Å². The number of hydrogen-bond acceptors (Lipinski definition) is 4. The number of aromatic carboxylic acids is 1. The van der Waals surface area contributed by atoms with Gasteiger partial charge in [0.05, 0.1) is 11.2 Å². The molecule has 0 bridgehead atoms. The number of rotatable bonds is 4. The number of piperidine rings is 2. The third-order valence-electron chi connectivity index (χ3n) is 7.23. The monoisotopic (exact) mass is 510 g/mol. The number of carboxylic acid groups (broad SMARTS) is 1. The molecule has 5 nitrogen and oxygen atoms in total. The molecule has 2 aliphatic heterocycles. The Morgan fingerprint density at radius 3 is 2.00 bits per heavy atom. The normalized spacial score (nSPS) is 27.4. The molecule has 0 aromatic heterocycles. The Hall–Kier alpha value is -1.63. The van der Waals surface area contributed by atoms with Crippen LogP contribution >= 0.6 is 24.8 Å². The van der Waals surface area contributed by atoms with Gasteiger partial charge in [-0.2, -0.15) is 0 Å². The fourth-order valence-corrected chi connectivity index (χ4v) is 5.22. The fraction of sp³-hybridized carbons (Fsp3) is 0.519. The molecule has 0 spiro atoms. The van der Waals surface area contributed by atoms with Crippen LogP contribution < -0.4 is 0 Å². The Labute approximate surface area is 217 Å². The maximum atomic E-state index is 11.8. The SMILES string of the molecule is CC1CC(O)(c2ccccc2)C(C)(CN2CCCCC2)CN1C.Cl.Cl.O=C(O)c1ccccc1. The van der Waals surface area contributed by atoms with Crippen LogP contribution in [0.1, 0.15) is 55.5 Å². The molecular weight excluding hydrogens is 471 g/mol. The van der Waals surface area contributed by atoms with E-state index in [1.54, 1.807) is 30.3 Å². The van der Waals surface area contributed by atoms with E-state index in [1.165, 1.54) is 32.4 Å². The second kappa shape index (κ2) is 13.5. The van der Waals surface area contributed by atoms with Gasteiger partial charge in [-0.1, -0.05) is 61.9 Å². The molecule has 0 amide bonds. The molecule has 2 aliphatic rings. The molecule has 2 aromatic carbocycles. The predicted molar refractivity (Wildman–Crippen MR) is 143 cm³/mol. The number of halogens is 2. The van der Waals surface area contributed by atoms with Gasteiger partial charge in [-0.3, -0.25) is 0 Å². The average molecular weight is 512 g/mol. The first-order valence-electron chi connectivity index (χ1n) is 11.7. The maximum absolute atomic E-state index is 11.8. The molecule has 2 fully saturated rings. The molecular formula is C27H40Cl2N2O3. The van der Waals surface area contributed by atoms with Crippen molar-refractivity contribution in [1.29, 1.82) is 0 Å². The lowest BCUT2D eigenvalue weighted by Crippen LogP contribution is -2.62. The summed E-state index contributed by atoms with van der Waals surface area (Å²) in [7, 11) is 2.20. The highest BCUT2D eigenvalue weighted by Gasteiger charge is 2.53. The minimum atomic E-state index is -0.879. The number of aliphatic hydroxyl groups is 1. The van der Waals surface area contributed by atoms with Crippen LogP contribution in [0.4, 0.5) is 0 Å². The summed E-state index contributed by atoms with van der Waals surface area (Å²) >= 11 is 0. The minimum absolute atomic E-state index is 0. The molecule has 3 unspecified atom stereocenters. The van der Waals surface area contributed by atoms with E-state index in [1.807, 2.05) is 6.07 Å². The molecule has 0 saturated carbocycles. The van der Waals surface area contributed by atoms with Gasteiger partial charge < -0.3 is 20.0 Å². The lowest BCUT2D eigenvalue weighted by molar-refractivity contribution is -0.155. The molecule has 3 atom stereocenters. The van der Waals surface area contributed by atoms with E-state index in [0.29, 0.717) is 11.6 Å². The number of nitrogens with zero attached hydrogens (tertiary/aromatic N) is 2. The highest BCUT2D eigenvalue weighted by Crippen LogP contribution is 2.48. The largest absolute Gasteiger partial charge is 0.478 e. The molecule has 2 saturated heterocycles. The lowest BCUT2D eigenvalue weighted by atomic mass is 9.63. The van der Waals surface area contributed by atoms with Gasteiger partial charge in [0.2, 0.25) is 0 Å². The van der Waals surface area contributed by atoms with Gasteiger partial charge in [-0.25, -0.2) is 4.79 Å². The van der Waals surface area contributed by atoms with Crippen molar-refractivity contribution in [2.45, 2.75) is 51.2 Å². The van der Waals surface area contributed by atoms with Crippen LogP contribution in [0.5, 0.6) is 0 Å². The molecule has 4 rings (SSSR count). The maximum Gasteiger partial charge on any atom is 0.335 e. The topological polar surface area (TPSA) is 64.0 Å². The second-order valence-electron chi connectivity index (χ2n) is 9.76. The van der Waals surface area contributed by atoms with E-state index in [0.717, 1.165) is 25.1 Å². The van der Waals surface area contributed by atoms with Crippen LogP contribution in [-0.4, -0.2) is 65.3 Å². The summed E-state index contributed by atoms with van der Waals surface area (Å²) in [4.78, 5) is 15.2. The van der Waals surface area contributed by atoms with Crippen LogP contribution in [-0.2, 0) is 5.60 Å². The summed E-state index contributed by atoms with van der Waals surface area (Å²) in [6.07, 6.45) is 4.75. The van der Waals surface area contributed by atoms with Crippen LogP contribution in [0, 0.1) is 5.41 Å². The first-order chi connectivity index (χ1) is 15.2. The zero-order chi connectivity index (χ0) is 23.2. The van der Waals surface area contributed by atoms with E-state index >= 15 is 0 Å².